The Morgan fingerprint density at radius 1 is 1.24 bits per heavy atom. The summed E-state index contributed by atoms with van der Waals surface area (Å²) in [5.41, 5.74) is 1.73. The number of amides is 1. The van der Waals surface area contributed by atoms with Gasteiger partial charge in [-0.05, 0) is 36.6 Å². The highest BCUT2D eigenvalue weighted by molar-refractivity contribution is 5.97. The summed E-state index contributed by atoms with van der Waals surface area (Å²) in [5.74, 6) is 1.06. The summed E-state index contributed by atoms with van der Waals surface area (Å²) in [7, 11) is 3.21. The molecule has 0 unspecified atom stereocenters. The molecule has 0 aliphatic carbocycles. The highest BCUT2D eigenvalue weighted by atomic mass is 16.5. The van der Waals surface area contributed by atoms with E-state index in [1.807, 2.05) is 12.3 Å². The number of nitrogens with one attached hydrogen (secondary N) is 1. The number of nitrogens with zero attached hydrogens (tertiary/aromatic N) is 2. The molecule has 1 aromatic heterocycles. The number of aromatic nitrogens is 1. The summed E-state index contributed by atoms with van der Waals surface area (Å²) in [4.78, 5) is 19.1. The molecule has 1 N–H and O–H groups in total. The molecule has 1 saturated heterocycles. The van der Waals surface area contributed by atoms with Crippen molar-refractivity contribution in [3.05, 3.63) is 53.9 Å². The van der Waals surface area contributed by atoms with Crippen molar-refractivity contribution in [1.29, 1.82) is 0 Å². The molecule has 1 aromatic carbocycles. The Bertz CT molecular complexity index is 777. The number of hydrogen-bond acceptors (Lipinski definition) is 6. The number of piperidine rings is 1. The number of ether oxygens (including phenoxy) is 3. The topological polar surface area (TPSA) is 72.9 Å². The van der Waals surface area contributed by atoms with Crippen LogP contribution in [0.5, 0.6) is 11.5 Å². The van der Waals surface area contributed by atoms with E-state index in [1.165, 1.54) is 5.56 Å². The van der Waals surface area contributed by atoms with Gasteiger partial charge in [-0.2, -0.15) is 0 Å². The zero-order chi connectivity index (χ0) is 20.5. The number of likely N-dealkylation sites (tertiary alicyclic amines) is 1. The standard InChI is InChI=1S/C22H29N3O4/c1-27-13-10-24-22(26)20-6-5-19(28-2)14-21(20)29-18-7-11-25(12-8-18)16-17-4-3-9-23-15-17/h3-6,9,14-15,18H,7-8,10-13,16H2,1-2H3,(H,24,26). The molecule has 156 valence electrons. The summed E-state index contributed by atoms with van der Waals surface area (Å²) in [6, 6.07) is 9.36. The van der Waals surface area contributed by atoms with E-state index in [-0.39, 0.29) is 12.0 Å². The van der Waals surface area contributed by atoms with Gasteiger partial charge in [0.05, 0.1) is 19.3 Å². The van der Waals surface area contributed by atoms with Crippen LogP contribution in [0.2, 0.25) is 0 Å². The number of rotatable bonds is 9. The highest BCUT2D eigenvalue weighted by Crippen LogP contribution is 2.28. The molecule has 7 heteroatoms. The second kappa shape index (κ2) is 10.8. The Morgan fingerprint density at radius 2 is 2.07 bits per heavy atom. The molecule has 0 bridgehead atoms. The summed E-state index contributed by atoms with van der Waals surface area (Å²) in [6.45, 7) is 3.70. The zero-order valence-electron chi connectivity index (χ0n) is 17.1. The SMILES string of the molecule is COCCNC(=O)c1ccc(OC)cc1OC1CCN(Cc2cccnc2)CC1. The quantitative estimate of drug-likeness (QED) is 0.653. The first kappa shape index (κ1) is 21.1. The maximum absolute atomic E-state index is 12.5. The van der Waals surface area contributed by atoms with E-state index in [4.69, 9.17) is 14.2 Å². The zero-order valence-corrected chi connectivity index (χ0v) is 17.1. The molecule has 1 aliphatic heterocycles. The van der Waals surface area contributed by atoms with Gasteiger partial charge in [0, 0.05) is 51.7 Å². The lowest BCUT2D eigenvalue weighted by atomic mass is 10.1. The molecule has 3 rings (SSSR count). The van der Waals surface area contributed by atoms with Crippen LogP contribution in [0.4, 0.5) is 0 Å². The normalized spacial score (nSPS) is 15.1. The Balaban J connectivity index is 1.59. The van der Waals surface area contributed by atoms with Gasteiger partial charge in [-0.1, -0.05) is 6.07 Å². The van der Waals surface area contributed by atoms with Gasteiger partial charge in [0.15, 0.2) is 0 Å². The van der Waals surface area contributed by atoms with Crippen molar-refractivity contribution in [2.24, 2.45) is 0 Å². The lowest BCUT2D eigenvalue weighted by Gasteiger charge is -2.32. The fourth-order valence-corrected chi connectivity index (χ4v) is 3.39. The molecule has 0 saturated carbocycles. The van der Waals surface area contributed by atoms with Crippen molar-refractivity contribution in [1.82, 2.24) is 15.2 Å². The van der Waals surface area contributed by atoms with Crippen molar-refractivity contribution in [2.45, 2.75) is 25.5 Å². The average molecular weight is 399 g/mol. The van der Waals surface area contributed by atoms with Gasteiger partial charge in [0.1, 0.15) is 17.6 Å². The Morgan fingerprint density at radius 3 is 2.76 bits per heavy atom. The van der Waals surface area contributed by atoms with Crippen molar-refractivity contribution >= 4 is 5.91 Å². The van der Waals surface area contributed by atoms with Crippen molar-refractivity contribution in [3.8, 4) is 11.5 Å². The third kappa shape index (κ3) is 6.17. The number of methoxy groups -OCH3 is 2. The van der Waals surface area contributed by atoms with E-state index in [0.29, 0.717) is 30.2 Å². The van der Waals surface area contributed by atoms with Gasteiger partial charge in [0.2, 0.25) is 0 Å². The van der Waals surface area contributed by atoms with Crippen LogP contribution in [-0.4, -0.2) is 62.4 Å². The monoisotopic (exact) mass is 399 g/mol. The molecule has 1 fully saturated rings. The molecular weight excluding hydrogens is 370 g/mol. The lowest BCUT2D eigenvalue weighted by molar-refractivity contribution is 0.0881. The van der Waals surface area contributed by atoms with E-state index in [2.05, 4.69) is 21.3 Å². The fraction of sp³-hybridized carbons (Fsp3) is 0.455. The molecule has 0 atom stereocenters. The van der Waals surface area contributed by atoms with Crippen LogP contribution in [0, 0.1) is 0 Å². The molecule has 2 heterocycles. The average Bonchev–Trinajstić information content (AvgIpc) is 2.76. The van der Waals surface area contributed by atoms with Crippen LogP contribution in [0.15, 0.2) is 42.7 Å². The molecule has 2 aromatic rings. The van der Waals surface area contributed by atoms with Crippen LogP contribution >= 0.6 is 0 Å². The molecule has 0 radical (unpaired) electrons. The minimum Gasteiger partial charge on any atom is -0.497 e. The predicted molar refractivity (Wildman–Crippen MR) is 110 cm³/mol. The second-order valence-electron chi connectivity index (χ2n) is 7.07. The van der Waals surface area contributed by atoms with E-state index >= 15 is 0 Å². The van der Waals surface area contributed by atoms with Crippen LogP contribution in [0.3, 0.4) is 0 Å². The summed E-state index contributed by atoms with van der Waals surface area (Å²) in [5, 5.41) is 2.85. The van der Waals surface area contributed by atoms with Gasteiger partial charge in [-0.3, -0.25) is 14.7 Å². The first-order valence-corrected chi connectivity index (χ1v) is 9.92. The van der Waals surface area contributed by atoms with Crippen LogP contribution in [-0.2, 0) is 11.3 Å². The smallest absolute Gasteiger partial charge is 0.255 e. The van der Waals surface area contributed by atoms with Gasteiger partial charge in [-0.15, -0.1) is 0 Å². The number of pyridine rings is 1. The molecule has 0 spiro atoms. The van der Waals surface area contributed by atoms with E-state index in [1.54, 1.807) is 38.6 Å². The van der Waals surface area contributed by atoms with E-state index < -0.39 is 0 Å². The summed E-state index contributed by atoms with van der Waals surface area (Å²) in [6.07, 6.45) is 5.58. The number of carbonyl (C=O) groups excluding carboxylic acids is 1. The number of carbonyl (C=O) groups is 1. The van der Waals surface area contributed by atoms with Crippen molar-refractivity contribution < 1.29 is 19.0 Å². The van der Waals surface area contributed by atoms with Crippen LogP contribution in [0.1, 0.15) is 28.8 Å². The molecule has 7 nitrogen and oxygen atoms in total. The predicted octanol–water partition coefficient (Wildman–Crippen LogP) is 2.51. The first-order valence-electron chi connectivity index (χ1n) is 9.92. The van der Waals surface area contributed by atoms with Gasteiger partial charge < -0.3 is 19.5 Å². The number of benzene rings is 1. The Labute approximate surface area is 172 Å². The third-order valence-corrected chi connectivity index (χ3v) is 4.98. The van der Waals surface area contributed by atoms with Gasteiger partial charge in [-0.25, -0.2) is 0 Å². The fourth-order valence-electron chi connectivity index (χ4n) is 3.39. The Kier molecular flexibility index (Phi) is 7.84. The Hall–Kier alpha value is -2.64. The lowest BCUT2D eigenvalue weighted by Crippen LogP contribution is -2.38. The maximum atomic E-state index is 12.5. The first-order chi connectivity index (χ1) is 14.2. The summed E-state index contributed by atoms with van der Waals surface area (Å²) >= 11 is 0. The van der Waals surface area contributed by atoms with E-state index in [0.717, 1.165) is 32.5 Å². The van der Waals surface area contributed by atoms with E-state index in [9.17, 15) is 4.79 Å². The summed E-state index contributed by atoms with van der Waals surface area (Å²) < 4.78 is 16.6. The van der Waals surface area contributed by atoms with Crippen LogP contribution < -0.4 is 14.8 Å². The van der Waals surface area contributed by atoms with Gasteiger partial charge >= 0.3 is 0 Å². The van der Waals surface area contributed by atoms with Gasteiger partial charge in [0.25, 0.3) is 5.91 Å². The third-order valence-electron chi connectivity index (χ3n) is 4.98. The largest absolute Gasteiger partial charge is 0.497 e. The maximum Gasteiger partial charge on any atom is 0.255 e. The number of hydrogen-bond donors (Lipinski definition) is 1. The molecule has 1 amide bonds. The minimum atomic E-state index is -0.172. The minimum absolute atomic E-state index is 0.0674. The van der Waals surface area contributed by atoms with Crippen LogP contribution in [0.25, 0.3) is 0 Å². The second-order valence-corrected chi connectivity index (χ2v) is 7.07. The molecular formula is C22H29N3O4. The van der Waals surface area contributed by atoms with Crippen molar-refractivity contribution in [2.75, 3.05) is 40.5 Å². The molecule has 1 aliphatic rings. The highest BCUT2D eigenvalue weighted by Gasteiger charge is 2.23. The van der Waals surface area contributed by atoms with Crippen molar-refractivity contribution in [3.63, 3.8) is 0 Å². The molecule has 29 heavy (non-hydrogen) atoms.